The summed E-state index contributed by atoms with van der Waals surface area (Å²) in [6.07, 6.45) is 0. The lowest BCUT2D eigenvalue weighted by Crippen LogP contribution is -2.30. The first-order chi connectivity index (χ1) is 12.4. The molecule has 2 rings (SSSR count). The van der Waals surface area contributed by atoms with Crippen LogP contribution >= 0.6 is 0 Å². The zero-order valence-electron chi connectivity index (χ0n) is 16.2. The van der Waals surface area contributed by atoms with Crippen LogP contribution in [0.15, 0.2) is 42.5 Å². The Bertz CT molecular complexity index is 727. The van der Waals surface area contributed by atoms with Crippen LogP contribution in [-0.2, 0) is 11.3 Å². The second kappa shape index (κ2) is 9.25. The lowest BCUT2D eigenvalue weighted by Gasteiger charge is -2.18. The Labute approximate surface area is 155 Å². The van der Waals surface area contributed by atoms with Crippen LogP contribution in [0.2, 0.25) is 0 Å². The summed E-state index contributed by atoms with van der Waals surface area (Å²) in [5.74, 6) is 1.69. The van der Waals surface area contributed by atoms with Crippen molar-refractivity contribution in [3.8, 4) is 11.5 Å². The number of rotatable bonds is 8. The van der Waals surface area contributed by atoms with Gasteiger partial charge in [-0.25, -0.2) is 0 Å². The molecule has 140 valence electrons. The van der Waals surface area contributed by atoms with Gasteiger partial charge < -0.3 is 14.8 Å². The monoisotopic (exact) mass is 356 g/mol. The maximum absolute atomic E-state index is 12.3. The average Bonchev–Trinajstić information content (AvgIpc) is 2.62. The Kier molecular flexibility index (Phi) is 7.04. The molecule has 0 bridgehead atoms. The van der Waals surface area contributed by atoms with E-state index in [0.717, 1.165) is 0 Å². The summed E-state index contributed by atoms with van der Waals surface area (Å²) in [5.41, 5.74) is 3.14. The molecule has 0 aromatic heterocycles. The summed E-state index contributed by atoms with van der Waals surface area (Å²) in [6.45, 7) is 5.37. The van der Waals surface area contributed by atoms with Crippen molar-refractivity contribution in [2.24, 2.45) is 0 Å². The number of methoxy groups -OCH3 is 2. The third-order valence-electron chi connectivity index (χ3n) is 4.20. The Balaban J connectivity index is 1.92. The number of anilines is 1. The molecule has 1 amide bonds. The number of benzene rings is 2. The van der Waals surface area contributed by atoms with Crippen LogP contribution in [0.1, 0.15) is 30.9 Å². The molecule has 0 radical (unpaired) electrons. The molecular formula is C21H28N2O3. The Morgan fingerprint density at radius 2 is 1.77 bits per heavy atom. The SMILES string of the molecule is COc1ccc(NC(=O)CN(C)Cc2ccc(C(C)C)cc2)c(OC)c1. The minimum atomic E-state index is -0.0882. The highest BCUT2D eigenvalue weighted by Gasteiger charge is 2.11. The van der Waals surface area contributed by atoms with E-state index in [4.69, 9.17) is 9.47 Å². The van der Waals surface area contributed by atoms with E-state index in [9.17, 15) is 4.79 Å². The van der Waals surface area contributed by atoms with Crippen molar-refractivity contribution < 1.29 is 14.3 Å². The highest BCUT2D eigenvalue weighted by Crippen LogP contribution is 2.28. The van der Waals surface area contributed by atoms with Gasteiger partial charge in [-0.3, -0.25) is 9.69 Å². The Hall–Kier alpha value is -2.53. The minimum absolute atomic E-state index is 0.0882. The van der Waals surface area contributed by atoms with Crippen LogP contribution in [0, 0.1) is 0 Å². The molecule has 0 aliphatic rings. The van der Waals surface area contributed by atoms with Gasteiger partial charge >= 0.3 is 0 Å². The van der Waals surface area contributed by atoms with Gasteiger partial charge in [0.2, 0.25) is 5.91 Å². The van der Waals surface area contributed by atoms with Gasteiger partial charge in [-0.15, -0.1) is 0 Å². The van der Waals surface area contributed by atoms with E-state index in [0.29, 0.717) is 36.2 Å². The first kappa shape index (κ1) is 19.8. The maximum Gasteiger partial charge on any atom is 0.238 e. The van der Waals surface area contributed by atoms with Crippen molar-refractivity contribution in [2.45, 2.75) is 26.3 Å². The summed E-state index contributed by atoms with van der Waals surface area (Å²) in [5, 5.41) is 2.89. The van der Waals surface area contributed by atoms with Gasteiger partial charge in [-0.2, -0.15) is 0 Å². The quantitative estimate of drug-likeness (QED) is 0.779. The molecule has 0 aliphatic carbocycles. The number of carbonyl (C=O) groups excluding carboxylic acids is 1. The molecule has 0 spiro atoms. The molecule has 5 nitrogen and oxygen atoms in total. The van der Waals surface area contributed by atoms with Crippen molar-refractivity contribution >= 4 is 11.6 Å². The van der Waals surface area contributed by atoms with E-state index < -0.39 is 0 Å². The van der Waals surface area contributed by atoms with Crippen molar-refractivity contribution in [3.63, 3.8) is 0 Å². The van der Waals surface area contributed by atoms with Gasteiger partial charge in [-0.05, 0) is 36.2 Å². The minimum Gasteiger partial charge on any atom is -0.497 e. The molecule has 0 atom stereocenters. The predicted octanol–water partition coefficient (Wildman–Crippen LogP) is 3.90. The number of ether oxygens (including phenoxy) is 2. The standard InChI is InChI=1S/C21H28N2O3/c1-15(2)17-8-6-16(7-9-17)13-23(3)14-21(24)22-19-11-10-18(25-4)12-20(19)26-5/h6-12,15H,13-14H2,1-5H3,(H,22,24). The van der Waals surface area contributed by atoms with E-state index in [1.807, 2.05) is 11.9 Å². The fourth-order valence-corrected chi connectivity index (χ4v) is 2.71. The van der Waals surface area contributed by atoms with Crippen LogP contribution < -0.4 is 14.8 Å². The Morgan fingerprint density at radius 1 is 1.08 bits per heavy atom. The number of likely N-dealkylation sites (N-methyl/N-ethyl adjacent to an activating group) is 1. The molecule has 26 heavy (non-hydrogen) atoms. The molecule has 2 aromatic rings. The lowest BCUT2D eigenvalue weighted by atomic mass is 10.0. The summed E-state index contributed by atoms with van der Waals surface area (Å²) in [4.78, 5) is 14.3. The predicted molar refractivity (Wildman–Crippen MR) is 105 cm³/mol. The maximum atomic E-state index is 12.3. The number of hydrogen-bond donors (Lipinski definition) is 1. The topological polar surface area (TPSA) is 50.8 Å². The molecule has 0 fully saturated rings. The van der Waals surface area contributed by atoms with E-state index in [-0.39, 0.29) is 5.91 Å². The number of nitrogens with zero attached hydrogens (tertiary/aromatic N) is 1. The molecule has 0 unspecified atom stereocenters. The van der Waals surface area contributed by atoms with Gasteiger partial charge in [0.25, 0.3) is 0 Å². The zero-order valence-corrected chi connectivity index (χ0v) is 16.2. The molecule has 0 heterocycles. The fourth-order valence-electron chi connectivity index (χ4n) is 2.71. The van der Waals surface area contributed by atoms with Gasteiger partial charge in [0.15, 0.2) is 0 Å². The third kappa shape index (κ3) is 5.49. The molecule has 0 aliphatic heterocycles. The normalized spacial score (nSPS) is 10.9. The average molecular weight is 356 g/mol. The van der Waals surface area contributed by atoms with E-state index in [1.165, 1.54) is 11.1 Å². The summed E-state index contributed by atoms with van der Waals surface area (Å²) >= 11 is 0. The first-order valence-corrected chi connectivity index (χ1v) is 8.72. The van der Waals surface area contributed by atoms with Crippen LogP contribution in [0.25, 0.3) is 0 Å². The van der Waals surface area contributed by atoms with Crippen molar-refractivity contribution in [1.29, 1.82) is 0 Å². The largest absolute Gasteiger partial charge is 0.497 e. The molecule has 0 saturated carbocycles. The summed E-state index contributed by atoms with van der Waals surface area (Å²) in [7, 11) is 5.09. The van der Waals surface area contributed by atoms with Crippen molar-refractivity contribution in [1.82, 2.24) is 4.90 Å². The van der Waals surface area contributed by atoms with Gasteiger partial charge in [0.05, 0.1) is 26.5 Å². The molecule has 2 aromatic carbocycles. The van der Waals surface area contributed by atoms with Gasteiger partial charge in [-0.1, -0.05) is 38.1 Å². The zero-order chi connectivity index (χ0) is 19.1. The number of hydrogen-bond acceptors (Lipinski definition) is 4. The number of nitrogens with one attached hydrogen (secondary N) is 1. The highest BCUT2D eigenvalue weighted by molar-refractivity contribution is 5.93. The van der Waals surface area contributed by atoms with Crippen LogP contribution in [-0.4, -0.2) is 38.6 Å². The smallest absolute Gasteiger partial charge is 0.238 e. The van der Waals surface area contributed by atoms with E-state index in [1.54, 1.807) is 32.4 Å². The van der Waals surface area contributed by atoms with Crippen LogP contribution in [0.5, 0.6) is 11.5 Å². The van der Waals surface area contributed by atoms with Crippen LogP contribution in [0.3, 0.4) is 0 Å². The van der Waals surface area contributed by atoms with Crippen molar-refractivity contribution in [3.05, 3.63) is 53.6 Å². The first-order valence-electron chi connectivity index (χ1n) is 8.72. The van der Waals surface area contributed by atoms with E-state index in [2.05, 4.69) is 43.4 Å². The van der Waals surface area contributed by atoms with Crippen LogP contribution in [0.4, 0.5) is 5.69 Å². The van der Waals surface area contributed by atoms with Crippen molar-refractivity contribution in [2.75, 3.05) is 33.1 Å². The highest BCUT2D eigenvalue weighted by atomic mass is 16.5. The third-order valence-corrected chi connectivity index (χ3v) is 4.20. The van der Waals surface area contributed by atoms with E-state index >= 15 is 0 Å². The Morgan fingerprint density at radius 3 is 2.35 bits per heavy atom. The number of carbonyl (C=O) groups is 1. The molecule has 1 N–H and O–H groups in total. The fraction of sp³-hybridized carbons (Fsp3) is 0.381. The molecule has 5 heteroatoms. The molecular weight excluding hydrogens is 328 g/mol. The number of amides is 1. The summed E-state index contributed by atoms with van der Waals surface area (Å²) in [6, 6.07) is 13.9. The molecule has 0 saturated heterocycles. The second-order valence-corrected chi connectivity index (χ2v) is 6.68. The summed E-state index contributed by atoms with van der Waals surface area (Å²) < 4.78 is 10.5. The van der Waals surface area contributed by atoms with Gasteiger partial charge in [0, 0.05) is 12.6 Å². The second-order valence-electron chi connectivity index (χ2n) is 6.68. The lowest BCUT2D eigenvalue weighted by molar-refractivity contribution is -0.117. The van der Waals surface area contributed by atoms with Gasteiger partial charge in [0.1, 0.15) is 11.5 Å².